The third-order valence-corrected chi connectivity index (χ3v) is 13.5. The highest BCUT2D eigenvalue weighted by Gasteiger charge is 2.17. The maximum Gasteiger partial charge on any atom is 0.214 e. The van der Waals surface area contributed by atoms with Crippen LogP contribution in [-0.2, 0) is 19.1 Å². The minimum atomic E-state index is -0.0810. The van der Waals surface area contributed by atoms with Crippen LogP contribution < -0.4 is 0 Å². The summed E-state index contributed by atoms with van der Waals surface area (Å²) >= 11 is 22.2. The molecular formula is C28H30Br4O4S5. The molecule has 2 aromatic carbocycles. The van der Waals surface area contributed by atoms with Crippen molar-refractivity contribution >= 4 is 133 Å². The Morgan fingerprint density at radius 1 is 0.707 bits per heavy atom. The zero-order valence-corrected chi connectivity index (χ0v) is 33.3. The maximum absolute atomic E-state index is 11.7. The van der Waals surface area contributed by atoms with Gasteiger partial charge in [0.2, 0.25) is 10.2 Å². The fourth-order valence-electron chi connectivity index (χ4n) is 2.90. The van der Waals surface area contributed by atoms with Gasteiger partial charge in [-0.2, -0.15) is 0 Å². The van der Waals surface area contributed by atoms with Gasteiger partial charge in [0.15, 0.2) is 0 Å². The summed E-state index contributed by atoms with van der Waals surface area (Å²) in [6.07, 6.45) is 0. The van der Waals surface area contributed by atoms with Crippen LogP contribution in [0.5, 0.6) is 0 Å². The van der Waals surface area contributed by atoms with Gasteiger partial charge in [-0.25, -0.2) is 0 Å². The predicted molar refractivity (Wildman–Crippen MR) is 195 cm³/mol. The lowest BCUT2D eigenvalue weighted by Crippen LogP contribution is -2.08. The summed E-state index contributed by atoms with van der Waals surface area (Å²) in [4.78, 5) is 27.6. The fourth-order valence-corrected chi connectivity index (χ4v) is 10.9. The maximum atomic E-state index is 11.7. The molecule has 0 amide bonds. The van der Waals surface area contributed by atoms with Crippen molar-refractivity contribution in [2.45, 2.75) is 58.1 Å². The lowest BCUT2D eigenvalue weighted by molar-refractivity contribution is -0.108. The molecule has 41 heavy (non-hydrogen) atoms. The summed E-state index contributed by atoms with van der Waals surface area (Å²) < 4.78 is 15.7. The van der Waals surface area contributed by atoms with Crippen molar-refractivity contribution in [2.24, 2.45) is 0 Å². The second-order valence-electron chi connectivity index (χ2n) is 8.48. The van der Waals surface area contributed by atoms with E-state index in [1.165, 1.54) is 23.5 Å². The van der Waals surface area contributed by atoms with Crippen LogP contribution in [0.25, 0.3) is 0 Å². The third-order valence-electron chi connectivity index (χ3n) is 4.78. The lowest BCUT2D eigenvalue weighted by Gasteiger charge is -2.17. The van der Waals surface area contributed by atoms with E-state index in [0.29, 0.717) is 35.9 Å². The number of carbonyl (C=O) groups is 2. The van der Waals surface area contributed by atoms with Crippen LogP contribution in [-0.4, -0.2) is 45.8 Å². The summed E-state index contributed by atoms with van der Waals surface area (Å²) in [5.41, 5.74) is 0.945. The average Bonchev–Trinajstić information content (AvgIpc) is 2.88. The third kappa shape index (κ3) is 13.8. The van der Waals surface area contributed by atoms with Crippen LogP contribution in [0.15, 0.2) is 86.0 Å². The van der Waals surface area contributed by atoms with Gasteiger partial charge in [0.05, 0.1) is 13.2 Å². The van der Waals surface area contributed by atoms with Crippen molar-refractivity contribution < 1.29 is 19.1 Å². The first-order valence-electron chi connectivity index (χ1n) is 12.2. The van der Waals surface area contributed by atoms with E-state index in [2.05, 4.69) is 101 Å². The SMILES string of the molecule is C=C(C)C(=O)SCCOC(C)Sc1c(Br)cc(Sc2cc(Br)c(SC(C)OCCSC(=O)C(=C)C)c(Br)c2)cc1Br. The number of rotatable bonds is 16. The molecule has 4 nitrogen and oxygen atoms in total. The van der Waals surface area contributed by atoms with Crippen molar-refractivity contribution in [3.8, 4) is 0 Å². The van der Waals surface area contributed by atoms with E-state index in [9.17, 15) is 9.59 Å². The highest BCUT2D eigenvalue weighted by molar-refractivity contribution is 9.11. The summed E-state index contributed by atoms with van der Waals surface area (Å²) in [7, 11) is 0. The molecule has 0 aromatic heterocycles. The Hall–Kier alpha value is 0.850. The van der Waals surface area contributed by atoms with E-state index in [1.807, 2.05) is 13.8 Å². The van der Waals surface area contributed by atoms with Gasteiger partial charge in [0, 0.05) is 49.0 Å². The van der Waals surface area contributed by atoms with E-state index in [4.69, 9.17) is 9.47 Å². The van der Waals surface area contributed by atoms with E-state index >= 15 is 0 Å². The highest BCUT2D eigenvalue weighted by Crippen LogP contribution is 2.44. The number of carbonyl (C=O) groups excluding carboxylic acids is 2. The second-order valence-corrected chi connectivity index (χ2v) is 17.8. The van der Waals surface area contributed by atoms with Crippen molar-refractivity contribution in [3.63, 3.8) is 0 Å². The van der Waals surface area contributed by atoms with Gasteiger partial charge in [-0.15, -0.1) is 0 Å². The van der Waals surface area contributed by atoms with Gasteiger partial charge in [-0.05, 0) is 127 Å². The molecule has 0 fully saturated rings. The monoisotopic (exact) mass is 906 g/mol. The Morgan fingerprint density at radius 2 is 1.02 bits per heavy atom. The number of hydrogen-bond acceptors (Lipinski definition) is 9. The molecule has 0 saturated carbocycles. The number of halogens is 4. The van der Waals surface area contributed by atoms with Crippen molar-refractivity contribution in [1.82, 2.24) is 0 Å². The Bertz CT molecular complexity index is 1130. The average molecular weight is 910 g/mol. The molecule has 0 spiro atoms. The number of ether oxygens (including phenoxy) is 2. The molecule has 224 valence electrons. The molecule has 0 aliphatic carbocycles. The van der Waals surface area contributed by atoms with Crippen LogP contribution >= 0.6 is 123 Å². The molecule has 2 aromatic rings. The van der Waals surface area contributed by atoms with Crippen LogP contribution in [0, 0.1) is 0 Å². The standard InChI is InChI=1S/C28H30Br4O4S5/c1-15(2)27(33)37-9-7-35-17(5)39-25-21(29)11-19(12-22(25)30)41-20-13-23(31)26(24(32)14-20)40-18(6)36-8-10-38-28(34)16(3)4/h11-14,17-18H,1,3,7-10H2,2,4-6H3. The largest absolute Gasteiger partial charge is 0.367 e. The number of benzene rings is 2. The molecular weight excluding hydrogens is 880 g/mol. The van der Waals surface area contributed by atoms with Gasteiger partial charge >= 0.3 is 0 Å². The predicted octanol–water partition coefficient (Wildman–Crippen LogP) is 11.5. The number of thioether (sulfide) groups is 4. The molecule has 2 unspecified atom stereocenters. The van der Waals surface area contributed by atoms with Crippen LogP contribution in [0.2, 0.25) is 0 Å². The molecule has 0 saturated heterocycles. The zero-order chi connectivity index (χ0) is 30.7. The Morgan fingerprint density at radius 3 is 1.32 bits per heavy atom. The van der Waals surface area contributed by atoms with Gasteiger partial charge in [-0.3, -0.25) is 9.59 Å². The Balaban J connectivity index is 1.95. The van der Waals surface area contributed by atoms with Gasteiger partial charge in [-0.1, -0.05) is 72.0 Å². The van der Waals surface area contributed by atoms with E-state index in [0.717, 1.165) is 37.5 Å². The number of hydrogen-bond donors (Lipinski definition) is 0. The van der Waals surface area contributed by atoms with Crippen LogP contribution in [0.4, 0.5) is 0 Å². The molecule has 13 heteroatoms. The molecule has 0 bridgehead atoms. The first-order chi connectivity index (χ1) is 19.3. The first kappa shape index (κ1) is 38.0. The first-order valence-corrected chi connectivity index (χ1v) is 19.9. The molecule has 0 radical (unpaired) electrons. The normalized spacial score (nSPS) is 12.7. The fraction of sp³-hybridized carbons (Fsp3) is 0.357. The molecule has 0 heterocycles. The Labute approximate surface area is 298 Å². The molecule has 2 rings (SSSR count). The summed E-state index contributed by atoms with van der Waals surface area (Å²) in [5.74, 6) is 1.19. The molecule has 0 aliphatic rings. The van der Waals surface area contributed by atoms with E-state index in [1.54, 1.807) is 49.1 Å². The summed E-state index contributed by atoms with van der Waals surface area (Å²) in [5, 5.41) is 0.00551. The van der Waals surface area contributed by atoms with E-state index < -0.39 is 0 Å². The second kappa shape index (κ2) is 19.4. The summed E-state index contributed by atoms with van der Waals surface area (Å²) in [6.45, 7) is 15.8. The van der Waals surface area contributed by atoms with Crippen molar-refractivity contribution in [1.29, 1.82) is 0 Å². The minimum absolute atomic E-state index is 0.00276. The van der Waals surface area contributed by atoms with Crippen molar-refractivity contribution in [3.05, 3.63) is 66.5 Å². The quantitative estimate of drug-likeness (QED) is 0.0709. The Kier molecular flexibility index (Phi) is 18.0. The van der Waals surface area contributed by atoms with Crippen molar-refractivity contribution in [2.75, 3.05) is 24.7 Å². The highest BCUT2D eigenvalue weighted by atomic mass is 79.9. The van der Waals surface area contributed by atoms with E-state index in [-0.39, 0.29) is 21.1 Å². The van der Waals surface area contributed by atoms with Crippen LogP contribution in [0.3, 0.4) is 0 Å². The molecule has 0 N–H and O–H groups in total. The molecule has 2 atom stereocenters. The summed E-state index contributed by atoms with van der Waals surface area (Å²) in [6, 6.07) is 8.40. The van der Waals surface area contributed by atoms with Gasteiger partial charge in [0.1, 0.15) is 10.9 Å². The topological polar surface area (TPSA) is 52.6 Å². The lowest BCUT2D eigenvalue weighted by atomic mass is 10.4. The van der Waals surface area contributed by atoms with Gasteiger partial charge in [0.25, 0.3) is 0 Å². The van der Waals surface area contributed by atoms with Crippen LogP contribution in [0.1, 0.15) is 27.7 Å². The molecule has 0 aliphatic heterocycles. The van der Waals surface area contributed by atoms with Gasteiger partial charge < -0.3 is 9.47 Å². The zero-order valence-electron chi connectivity index (χ0n) is 22.9. The smallest absolute Gasteiger partial charge is 0.214 e. The minimum Gasteiger partial charge on any atom is -0.367 e.